The highest BCUT2D eigenvalue weighted by Crippen LogP contribution is 2.29. The van der Waals surface area contributed by atoms with Crippen LogP contribution in [0.5, 0.6) is 11.6 Å². The minimum atomic E-state index is -0.312. The van der Waals surface area contributed by atoms with E-state index in [2.05, 4.69) is 20.9 Å². The lowest BCUT2D eigenvalue weighted by Gasteiger charge is -2.07. The first-order chi connectivity index (χ1) is 8.06. The molecule has 1 heterocycles. The molecule has 0 unspecified atom stereocenters. The number of pyridine rings is 1. The summed E-state index contributed by atoms with van der Waals surface area (Å²) in [5.74, 6) is 0.425. The van der Waals surface area contributed by atoms with Crippen LogP contribution >= 0.6 is 27.5 Å². The van der Waals surface area contributed by atoms with Crippen molar-refractivity contribution in [2.45, 2.75) is 6.92 Å². The number of hydrogen-bond donors (Lipinski definition) is 0. The Bertz CT molecular complexity index is 562. The zero-order valence-electron chi connectivity index (χ0n) is 8.88. The van der Waals surface area contributed by atoms with E-state index < -0.39 is 0 Å². The van der Waals surface area contributed by atoms with E-state index in [0.717, 1.165) is 0 Å². The van der Waals surface area contributed by atoms with Gasteiger partial charge in [0.15, 0.2) is 0 Å². The Morgan fingerprint density at radius 3 is 2.76 bits per heavy atom. The van der Waals surface area contributed by atoms with Gasteiger partial charge >= 0.3 is 0 Å². The summed E-state index contributed by atoms with van der Waals surface area (Å²) in [6.45, 7) is 1.69. The van der Waals surface area contributed by atoms with Gasteiger partial charge in [-0.2, -0.15) is 0 Å². The maximum Gasteiger partial charge on any atom is 0.233 e. The van der Waals surface area contributed by atoms with Crippen molar-refractivity contribution in [3.63, 3.8) is 0 Å². The summed E-state index contributed by atoms with van der Waals surface area (Å²) in [7, 11) is 0. The minimum Gasteiger partial charge on any atom is -0.438 e. The van der Waals surface area contributed by atoms with Gasteiger partial charge in [0.2, 0.25) is 5.88 Å². The Labute approximate surface area is 112 Å². The summed E-state index contributed by atoms with van der Waals surface area (Å²) in [6, 6.07) is 6.31. The van der Waals surface area contributed by atoms with Crippen LogP contribution in [0.2, 0.25) is 5.02 Å². The lowest BCUT2D eigenvalue weighted by Crippen LogP contribution is -1.91. The van der Waals surface area contributed by atoms with Gasteiger partial charge in [-0.15, -0.1) is 0 Å². The van der Waals surface area contributed by atoms with Gasteiger partial charge in [-0.3, -0.25) is 0 Å². The average molecular weight is 317 g/mol. The highest BCUT2D eigenvalue weighted by molar-refractivity contribution is 9.10. The van der Waals surface area contributed by atoms with E-state index in [1.54, 1.807) is 25.1 Å². The fourth-order valence-electron chi connectivity index (χ4n) is 1.23. The average Bonchev–Trinajstić information content (AvgIpc) is 2.27. The Hall–Kier alpha value is -1.13. The number of hydrogen-bond acceptors (Lipinski definition) is 2. The first kappa shape index (κ1) is 12.3. The molecule has 5 heteroatoms. The van der Waals surface area contributed by atoms with Crippen LogP contribution in [-0.2, 0) is 0 Å². The lowest BCUT2D eigenvalue weighted by molar-refractivity contribution is 0.454. The standard InChI is InChI=1S/C12H8BrClFNO/c1-7-2-3-9(5-11(7)15)17-12-10(13)4-8(14)6-16-12/h2-6H,1H3. The molecule has 0 radical (unpaired) electrons. The topological polar surface area (TPSA) is 22.1 Å². The molecule has 1 aromatic heterocycles. The number of nitrogens with zero attached hydrogens (tertiary/aromatic N) is 1. The largest absolute Gasteiger partial charge is 0.438 e. The number of ether oxygens (including phenoxy) is 1. The lowest BCUT2D eigenvalue weighted by atomic mass is 10.2. The van der Waals surface area contributed by atoms with Crippen molar-refractivity contribution in [3.8, 4) is 11.6 Å². The van der Waals surface area contributed by atoms with Crippen molar-refractivity contribution >= 4 is 27.5 Å². The quantitative estimate of drug-likeness (QED) is 0.798. The molecule has 0 amide bonds. The zero-order chi connectivity index (χ0) is 12.4. The number of rotatable bonds is 2. The second-order valence-electron chi connectivity index (χ2n) is 3.45. The highest BCUT2D eigenvalue weighted by Gasteiger charge is 2.06. The van der Waals surface area contributed by atoms with Gasteiger partial charge in [0.25, 0.3) is 0 Å². The van der Waals surface area contributed by atoms with Crippen molar-refractivity contribution < 1.29 is 9.13 Å². The van der Waals surface area contributed by atoms with Gasteiger partial charge in [-0.25, -0.2) is 9.37 Å². The van der Waals surface area contributed by atoms with Crippen LogP contribution in [0.3, 0.4) is 0 Å². The molecule has 0 aliphatic carbocycles. The molecule has 17 heavy (non-hydrogen) atoms. The molecule has 0 N–H and O–H groups in total. The second-order valence-corrected chi connectivity index (χ2v) is 4.74. The molecule has 2 aromatic rings. The van der Waals surface area contributed by atoms with Gasteiger partial charge in [0.05, 0.1) is 9.50 Å². The summed E-state index contributed by atoms with van der Waals surface area (Å²) in [5, 5.41) is 0.499. The van der Waals surface area contributed by atoms with Crippen molar-refractivity contribution in [2.75, 3.05) is 0 Å². The van der Waals surface area contributed by atoms with Crippen LogP contribution < -0.4 is 4.74 Å². The van der Waals surface area contributed by atoms with Crippen LogP contribution in [0.4, 0.5) is 4.39 Å². The summed E-state index contributed by atoms with van der Waals surface area (Å²) in [6.07, 6.45) is 1.46. The number of benzene rings is 1. The number of aromatic nitrogens is 1. The van der Waals surface area contributed by atoms with Gasteiger partial charge < -0.3 is 4.74 Å². The third kappa shape index (κ3) is 2.96. The van der Waals surface area contributed by atoms with Crippen LogP contribution in [0.1, 0.15) is 5.56 Å². The Morgan fingerprint density at radius 2 is 2.12 bits per heavy atom. The fraction of sp³-hybridized carbons (Fsp3) is 0.0833. The summed E-state index contributed by atoms with van der Waals surface area (Å²) in [4.78, 5) is 4.00. The van der Waals surface area contributed by atoms with Crippen LogP contribution in [0, 0.1) is 12.7 Å². The van der Waals surface area contributed by atoms with Gasteiger partial charge in [-0.05, 0) is 40.5 Å². The van der Waals surface area contributed by atoms with E-state index >= 15 is 0 Å². The molecule has 0 aliphatic rings. The predicted octanol–water partition coefficient (Wildman–Crippen LogP) is 4.74. The predicted molar refractivity (Wildman–Crippen MR) is 68.2 cm³/mol. The van der Waals surface area contributed by atoms with E-state index in [1.807, 2.05) is 0 Å². The third-order valence-corrected chi connectivity index (χ3v) is 2.91. The number of halogens is 3. The molecule has 0 saturated heterocycles. The Balaban J connectivity index is 2.28. The van der Waals surface area contributed by atoms with E-state index in [4.69, 9.17) is 16.3 Å². The molecular formula is C12H8BrClFNO. The monoisotopic (exact) mass is 315 g/mol. The summed E-state index contributed by atoms with van der Waals surface area (Å²) < 4.78 is 19.4. The maximum atomic E-state index is 13.3. The van der Waals surface area contributed by atoms with E-state index in [0.29, 0.717) is 26.7 Å². The molecule has 2 rings (SSSR count). The molecule has 2 nitrogen and oxygen atoms in total. The van der Waals surface area contributed by atoms with Crippen molar-refractivity contribution in [1.82, 2.24) is 4.98 Å². The fourth-order valence-corrected chi connectivity index (χ4v) is 1.95. The molecule has 0 saturated carbocycles. The highest BCUT2D eigenvalue weighted by atomic mass is 79.9. The van der Waals surface area contributed by atoms with E-state index in [-0.39, 0.29) is 5.82 Å². The third-order valence-electron chi connectivity index (χ3n) is 2.13. The summed E-state index contributed by atoms with van der Waals surface area (Å²) in [5.41, 5.74) is 0.570. The molecule has 1 aromatic carbocycles. The molecule has 88 valence electrons. The summed E-state index contributed by atoms with van der Waals surface area (Å²) >= 11 is 9.03. The van der Waals surface area contributed by atoms with Crippen LogP contribution in [0.15, 0.2) is 34.9 Å². The van der Waals surface area contributed by atoms with Crippen molar-refractivity contribution in [2.24, 2.45) is 0 Å². The van der Waals surface area contributed by atoms with Crippen LogP contribution in [0.25, 0.3) is 0 Å². The second kappa shape index (κ2) is 5.02. The Morgan fingerprint density at radius 1 is 1.35 bits per heavy atom. The smallest absolute Gasteiger partial charge is 0.233 e. The number of aryl methyl sites for hydroxylation is 1. The van der Waals surface area contributed by atoms with E-state index in [1.165, 1.54) is 12.3 Å². The Kier molecular flexibility index (Phi) is 3.64. The van der Waals surface area contributed by atoms with Gasteiger partial charge in [-0.1, -0.05) is 17.7 Å². The maximum absolute atomic E-state index is 13.3. The van der Waals surface area contributed by atoms with Gasteiger partial charge in [0, 0.05) is 12.3 Å². The zero-order valence-corrected chi connectivity index (χ0v) is 11.2. The molecule has 0 atom stereocenters. The van der Waals surface area contributed by atoms with Crippen LogP contribution in [-0.4, -0.2) is 4.98 Å². The molecule has 0 aliphatic heterocycles. The van der Waals surface area contributed by atoms with E-state index in [9.17, 15) is 4.39 Å². The molecule has 0 fully saturated rings. The molecule has 0 bridgehead atoms. The normalized spacial score (nSPS) is 10.4. The first-order valence-electron chi connectivity index (χ1n) is 4.81. The molecule has 0 spiro atoms. The molecular weight excluding hydrogens is 308 g/mol. The minimum absolute atomic E-state index is 0.312. The first-order valence-corrected chi connectivity index (χ1v) is 5.98. The van der Waals surface area contributed by atoms with Crippen molar-refractivity contribution in [3.05, 3.63) is 51.3 Å². The van der Waals surface area contributed by atoms with Crippen molar-refractivity contribution in [1.29, 1.82) is 0 Å². The SMILES string of the molecule is Cc1ccc(Oc2ncc(Cl)cc2Br)cc1F. The van der Waals surface area contributed by atoms with Gasteiger partial charge in [0.1, 0.15) is 11.6 Å².